The van der Waals surface area contributed by atoms with Crippen LogP contribution in [0.1, 0.15) is 40.7 Å². The third-order valence-corrected chi connectivity index (χ3v) is 6.62. The van der Waals surface area contributed by atoms with E-state index in [1.54, 1.807) is 29.2 Å². The van der Waals surface area contributed by atoms with Gasteiger partial charge in [-0.15, -0.1) is 0 Å². The minimum atomic E-state index is -0.562. The quantitative estimate of drug-likeness (QED) is 0.633. The van der Waals surface area contributed by atoms with Gasteiger partial charge >= 0.3 is 6.03 Å². The van der Waals surface area contributed by atoms with Gasteiger partial charge in [0.15, 0.2) is 5.78 Å². The lowest BCUT2D eigenvalue weighted by Crippen LogP contribution is -2.53. The Kier molecular flexibility index (Phi) is 5.21. The van der Waals surface area contributed by atoms with Gasteiger partial charge in [0.25, 0.3) is 0 Å². The highest BCUT2D eigenvalue weighted by molar-refractivity contribution is 6.32. The monoisotopic (exact) mass is 432 g/mol. The molecule has 2 aliphatic heterocycles. The number of hydrogen-bond donors (Lipinski definition) is 1. The molecule has 0 atom stereocenters. The summed E-state index contributed by atoms with van der Waals surface area (Å²) < 4.78 is 6.35. The zero-order valence-electron chi connectivity index (χ0n) is 16.4. The van der Waals surface area contributed by atoms with E-state index in [0.29, 0.717) is 59.4 Å². The Hall–Kier alpha value is -2.24. The van der Waals surface area contributed by atoms with E-state index in [1.807, 2.05) is 19.9 Å². The molecule has 152 valence electrons. The molecule has 2 aromatic carbocycles. The largest absolute Gasteiger partial charge is 0.486 e. The standard InChI is InChI=1S/C22H22Cl2N2O3/c1-13-11-18-19(14(2)20(13)24)17(27)12-22(29-18)7-9-26(10-8-22)21(28)25-16-5-3-15(23)4-6-16/h3-6,11H,7-10,12H2,1-2H3,(H,25,28). The first-order valence-corrected chi connectivity index (χ1v) is 10.4. The fourth-order valence-electron chi connectivity index (χ4n) is 4.13. The number of carbonyl (C=O) groups excluding carboxylic acids is 2. The fraction of sp³-hybridized carbons (Fsp3) is 0.364. The summed E-state index contributed by atoms with van der Waals surface area (Å²) in [4.78, 5) is 27.2. The molecule has 7 heteroatoms. The number of aryl methyl sites for hydroxylation is 1. The van der Waals surface area contributed by atoms with Crippen molar-refractivity contribution < 1.29 is 14.3 Å². The first-order valence-electron chi connectivity index (χ1n) is 9.61. The Morgan fingerprint density at radius 2 is 1.79 bits per heavy atom. The summed E-state index contributed by atoms with van der Waals surface area (Å²) in [5.74, 6) is 0.671. The Bertz CT molecular complexity index is 981. The molecule has 0 bridgehead atoms. The first-order chi connectivity index (χ1) is 13.8. The van der Waals surface area contributed by atoms with E-state index in [4.69, 9.17) is 27.9 Å². The second-order valence-electron chi connectivity index (χ2n) is 7.81. The third kappa shape index (κ3) is 3.81. The number of ether oxygens (including phenoxy) is 1. The van der Waals surface area contributed by atoms with Crippen LogP contribution in [0.3, 0.4) is 0 Å². The molecule has 1 saturated heterocycles. The number of anilines is 1. The third-order valence-electron chi connectivity index (χ3n) is 5.79. The van der Waals surface area contributed by atoms with Gasteiger partial charge in [-0.1, -0.05) is 23.2 Å². The topological polar surface area (TPSA) is 58.6 Å². The van der Waals surface area contributed by atoms with Crippen LogP contribution in [0.25, 0.3) is 0 Å². The average molecular weight is 433 g/mol. The van der Waals surface area contributed by atoms with Crippen LogP contribution in [0.5, 0.6) is 5.75 Å². The number of ketones is 1. The molecule has 4 rings (SSSR count). The SMILES string of the molecule is Cc1cc2c(c(C)c1Cl)C(=O)CC1(CCN(C(=O)Nc3ccc(Cl)cc3)CC1)O2. The van der Waals surface area contributed by atoms with Crippen molar-refractivity contribution in [2.24, 2.45) is 0 Å². The van der Waals surface area contributed by atoms with Gasteiger partial charge in [-0.2, -0.15) is 0 Å². The van der Waals surface area contributed by atoms with Crippen molar-refractivity contribution in [2.45, 2.75) is 38.7 Å². The van der Waals surface area contributed by atoms with Crippen molar-refractivity contribution in [3.8, 4) is 5.75 Å². The lowest BCUT2D eigenvalue weighted by atomic mass is 9.81. The van der Waals surface area contributed by atoms with Gasteiger partial charge in [0.05, 0.1) is 12.0 Å². The molecule has 2 amide bonds. The predicted molar refractivity (Wildman–Crippen MR) is 115 cm³/mol. The van der Waals surface area contributed by atoms with E-state index < -0.39 is 5.60 Å². The maximum Gasteiger partial charge on any atom is 0.321 e. The molecule has 0 radical (unpaired) electrons. The Balaban J connectivity index is 1.46. The van der Waals surface area contributed by atoms with Crippen LogP contribution in [0.2, 0.25) is 10.0 Å². The summed E-state index contributed by atoms with van der Waals surface area (Å²) in [6, 6.07) is 8.68. The zero-order valence-corrected chi connectivity index (χ0v) is 17.9. The average Bonchev–Trinajstić information content (AvgIpc) is 2.68. The number of amides is 2. The molecule has 1 spiro atoms. The molecule has 0 aliphatic carbocycles. The molecule has 2 heterocycles. The number of rotatable bonds is 1. The van der Waals surface area contributed by atoms with E-state index in [0.717, 1.165) is 11.1 Å². The van der Waals surface area contributed by atoms with E-state index >= 15 is 0 Å². The maximum atomic E-state index is 12.9. The number of piperidine rings is 1. The van der Waals surface area contributed by atoms with Crippen LogP contribution in [-0.2, 0) is 0 Å². The van der Waals surface area contributed by atoms with Crippen LogP contribution in [-0.4, -0.2) is 35.4 Å². The normalized spacial score (nSPS) is 17.7. The first kappa shape index (κ1) is 20.0. The van der Waals surface area contributed by atoms with Gasteiger partial charge in [0.2, 0.25) is 0 Å². The minimum Gasteiger partial charge on any atom is -0.486 e. The lowest BCUT2D eigenvalue weighted by Gasteiger charge is -2.44. The van der Waals surface area contributed by atoms with Gasteiger partial charge in [-0.25, -0.2) is 4.79 Å². The van der Waals surface area contributed by atoms with Crippen LogP contribution >= 0.6 is 23.2 Å². The number of likely N-dealkylation sites (tertiary alicyclic amines) is 1. The van der Waals surface area contributed by atoms with Gasteiger partial charge in [-0.3, -0.25) is 4.79 Å². The number of nitrogens with zero attached hydrogens (tertiary/aromatic N) is 1. The van der Waals surface area contributed by atoms with Crippen molar-refractivity contribution in [1.82, 2.24) is 4.90 Å². The van der Waals surface area contributed by atoms with E-state index in [2.05, 4.69) is 5.32 Å². The van der Waals surface area contributed by atoms with E-state index in [1.165, 1.54) is 0 Å². The van der Waals surface area contributed by atoms with Crippen LogP contribution < -0.4 is 10.1 Å². The summed E-state index contributed by atoms with van der Waals surface area (Å²) in [5, 5.41) is 4.12. The number of fused-ring (bicyclic) bond motifs is 1. The summed E-state index contributed by atoms with van der Waals surface area (Å²) in [6.45, 7) is 4.81. The van der Waals surface area contributed by atoms with Crippen molar-refractivity contribution in [3.05, 3.63) is 57.1 Å². The summed E-state index contributed by atoms with van der Waals surface area (Å²) in [6.07, 6.45) is 1.52. The highest BCUT2D eigenvalue weighted by Crippen LogP contribution is 2.43. The van der Waals surface area contributed by atoms with Crippen molar-refractivity contribution in [1.29, 1.82) is 0 Å². The highest BCUT2D eigenvalue weighted by atomic mass is 35.5. The second kappa shape index (κ2) is 7.54. The maximum absolute atomic E-state index is 12.9. The number of Topliss-reactive ketones (excluding diaryl/α,β-unsaturated/α-hetero) is 1. The zero-order chi connectivity index (χ0) is 20.8. The Morgan fingerprint density at radius 1 is 1.14 bits per heavy atom. The molecule has 5 nitrogen and oxygen atoms in total. The fourth-order valence-corrected chi connectivity index (χ4v) is 4.41. The molecular weight excluding hydrogens is 411 g/mol. The Morgan fingerprint density at radius 3 is 2.45 bits per heavy atom. The number of hydrogen-bond acceptors (Lipinski definition) is 3. The molecule has 0 unspecified atom stereocenters. The molecule has 2 aromatic rings. The molecule has 29 heavy (non-hydrogen) atoms. The van der Waals surface area contributed by atoms with Crippen LogP contribution in [0.4, 0.5) is 10.5 Å². The minimum absolute atomic E-state index is 0.0599. The summed E-state index contributed by atoms with van der Waals surface area (Å²) in [5.41, 5.74) is 2.40. The summed E-state index contributed by atoms with van der Waals surface area (Å²) in [7, 11) is 0. The Labute approximate surface area is 179 Å². The smallest absolute Gasteiger partial charge is 0.321 e. The van der Waals surface area contributed by atoms with Crippen molar-refractivity contribution in [3.63, 3.8) is 0 Å². The van der Waals surface area contributed by atoms with Crippen LogP contribution in [0, 0.1) is 13.8 Å². The molecular formula is C22H22Cl2N2O3. The highest BCUT2D eigenvalue weighted by Gasteiger charge is 2.44. The van der Waals surface area contributed by atoms with E-state index in [-0.39, 0.29) is 11.8 Å². The molecule has 2 aliphatic rings. The number of benzene rings is 2. The second-order valence-corrected chi connectivity index (χ2v) is 8.63. The van der Waals surface area contributed by atoms with Gasteiger partial charge in [0, 0.05) is 41.7 Å². The van der Waals surface area contributed by atoms with Gasteiger partial charge in [-0.05, 0) is 55.3 Å². The number of urea groups is 1. The molecule has 1 N–H and O–H groups in total. The number of nitrogens with one attached hydrogen (secondary N) is 1. The van der Waals surface area contributed by atoms with E-state index in [9.17, 15) is 9.59 Å². The lowest BCUT2D eigenvalue weighted by molar-refractivity contribution is 0.000265. The molecule has 1 fully saturated rings. The van der Waals surface area contributed by atoms with Crippen molar-refractivity contribution in [2.75, 3.05) is 18.4 Å². The van der Waals surface area contributed by atoms with Gasteiger partial charge in [0.1, 0.15) is 11.4 Å². The van der Waals surface area contributed by atoms with Crippen LogP contribution in [0.15, 0.2) is 30.3 Å². The number of halogens is 2. The summed E-state index contributed by atoms with van der Waals surface area (Å²) >= 11 is 12.2. The van der Waals surface area contributed by atoms with Gasteiger partial charge < -0.3 is 15.0 Å². The van der Waals surface area contributed by atoms with Crippen molar-refractivity contribution >= 4 is 40.7 Å². The predicted octanol–water partition coefficient (Wildman–Crippen LogP) is 5.64. The number of carbonyl (C=O) groups is 2. The molecule has 0 aromatic heterocycles. The molecule has 0 saturated carbocycles.